The number of hydrogen-bond acceptors (Lipinski definition) is 5. The van der Waals surface area contributed by atoms with Gasteiger partial charge in [0.2, 0.25) is 5.91 Å². The number of nitrogens with zero attached hydrogens (tertiary/aromatic N) is 4. The van der Waals surface area contributed by atoms with E-state index in [1.165, 1.54) is 17.8 Å². The summed E-state index contributed by atoms with van der Waals surface area (Å²) in [5.74, 6) is 0.198. The van der Waals surface area contributed by atoms with Crippen molar-refractivity contribution in [3.05, 3.63) is 84.2 Å². The van der Waals surface area contributed by atoms with E-state index in [-0.39, 0.29) is 17.5 Å². The summed E-state index contributed by atoms with van der Waals surface area (Å²) in [6.07, 6.45) is 0. The molecule has 0 saturated heterocycles. The third-order valence-electron chi connectivity index (χ3n) is 5.03. The molecule has 0 aliphatic carbocycles. The molecule has 32 heavy (non-hydrogen) atoms. The maximum Gasteiger partial charge on any atom is 0.234 e. The number of rotatable bonds is 5. The van der Waals surface area contributed by atoms with E-state index >= 15 is 0 Å². The zero-order valence-corrected chi connectivity index (χ0v) is 17.9. The molecular weight excluding hydrogens is 425 g/mol. The van der Waals surface area contributed by atoms with E-state index in [9.17, 15) is 9.18 Å². The first-order valence-corrected chi connectivity index (χ1v) is 11.0. The first-order chi connectivity index (χ1) is 15.6. The quantitative estimate of drug-likeness (QED) is 0.382. The lowest BCUT2D eigenvalue weighted by molar-refractivity contribution is -0.113. The third kappa shape index (κ3) is 3.80. The molecule has 0 spiro atoms. The maximum atomic E-state index is 13.8. The van der Waals surface area contributed by atoms with E-state index in [0.29, 0.717) is 27.7 Å². The first-order valence-electron chi connectivity index (χ1n) is 9.98. The van der Waals surface area contributed by atoms with Gasteiger partial charge in [-0.05, 0) is 36.8 Å². The summed E-state index contributed by atoms with van der Waals surface area (Å²) in [5, 5.41) is 12.1. The van der Waals surface area contributed by atoms with E-state index in [0.717, 1.165) is 16.6 Å². The monoisotopic (exact) mass is 443 g/mol. The molecule has 0 aliphatic rings. The molecule has 1 amide bonds. The summed E-state index contributed by atoms with van der Waals surface area (Å²) in [6.45, 7) is 1.68. The van der Waals surface area contributed by atoms with Gasteiger partial charge in [-0.2, -0.15) is 0 Å². The van der Waals surface area contributed by atoms with Crippen LogP contribution in [-0.2, 0) is 4.79 Å². The Balaban J connectivity index is 1.48. The average Bonchev–Trinajstić information content (AvgIpc) is 3.26. The van der Waals surface area contributed by atoms with Crippen molar-refractivity contribution >= 4 is 40.0 Å². The molecule has 1 N–H and O–H groups in total. The lowest BCUT2D eigenvalue weighted by Gasteiger charge is -2.09. The fourth-order valence-corrected chi connectivity index (χ4v) is 4.19. The van der Waals surface area contributed by atoms with E-state index in [2.05, 4.69) is 15.5 Å². The number of nitrogens with one attached hydrogen (secondary N) is 1. The number of carbonyl (C=O) groups is 1. The Morgan fingerprint density at radius 3 is 2.62 bits per heavy atom. The number of amides is 1. The molecule has 8 heteroatoms. The van der Waals surface area contributed by atoms with E-state index < -0.39 is 0 Å². The minimum atomic E-state index is -0.356. The van der Waals surface area contributed by atoms with Gasteiger partial charge in [-0.1, -0.05) is 60.3 Å². The van der Waals surface area contributed by atoms with Gasteiger partial charge in [0.05, 0.1) is 16.8 Å². The largest absolute Gasteiger partial charge is 0.325 e. The zero-order valence-electron chi connectivity index (χ0n) is 17.1. The van der Waals surface area contributed by atoms with Gasteiger partial charge in [0.25, 0.3) is 0 Å². The Bertz CT molecular complexity index is 1450. The van der Waals surface area contributed by atoms with Gasteiger partial charge in [-0.3, -0.25) is 9.20 Å². The number of para-hydroxylation sites is 2. The second kappa shape index (κ2) is 8.39. The summed E-state index contributed by atoms with van der Waals surface area (Å²) < 4.78 is 15.7. The molecule has 3 aromatic carbocycles. The lowest BCUT2D eigenvalue weighted by Crippen LogP contribution is -2.14. The van der Waals surface area contributed by atoms with Gasteiger partial charge in [0.1, 0.15) is 10.8 Å². The maximum absolute atomic E-state index is 13.8. The minimum Gasteiger partial charge on any atom is -0.325 e. The molecule has 0 aliphatic heterocycles. The molecular formula is C24H18FN5OS. The van der Waals surface area contributed by atoms with Crippen LogP contribution in [0.25, 0.3) is 28.1 Å². The predicted molar refractivity (Wildman–Crippen MR) is 124 cm³/mol. The average molecular weight is 444 g/mol. The second-order valence-corrected chi connectivity index (χ2v) is 8.22. The van der Waals surface area contributed by atoms with Gasteiger partial charge in [0.15, 0.2) is 11.5 Å². The number of anilines is 1. The number of fused-ring (bicyclic) bond motifs is 3. The van der Waals surface area contributed by atoms with Gasteiger partial charge in [0, 0.05) is 11.3 Å². The van der Waals surface area contributed by atoms with Crippen LogP contribution >= 0.6 is 11.8 Å². The van der Waals surface area contributed by atoms with Crippen LogP contribution in [0.3, 0.4) is 0 Å². The van der Waals surface area contributed by atoms with Gasteiger partial charge in [-0.15, -0.1) is 10.2 Å². The van der Waals surface area contributed by atoms with Crippen molar-refractivity contribution in [2.24, 2.45) is 0 Å². The van der Waals surface area contributed by atoms with Crippen LogP contribution in [0.2, 0.25) is 0 Å². The second-order valence-electron chi connectivity index (χ2n) is 7.26. The highest BCUT2D eigenvalue weighted by Gasteiger charge is 2.17. The van der Waals surface area contributed by atoms with Crippen molar-refractivity contribution in [1.29, 1.82) is 0 Å². The van der Waals surface area contributed by atoms with Crippen LogP contribution in [-0.4, -0.2) is 31.2 Å². The van der Waals surface area contributed by atoms with Crippen molar-refractivity contribution in [1.82, 2.24) is 19.6 Å². The van der Waals surface area contributed by atoms with Crippen LogP contribution in [0.15, 0.2) is 77.8 Å². The fraction of sp³-hybridized carbons (Fsp3) is 0.0833. The van der Waals surface area contributed by atoms with Crippen LogP contribution < -0.4 is 5.32 Å². The normalized spacial score (nSPS) is 11.2. The summed E-state index contributed by atoms with van der Waals surface area (Å²) >= 11 is 1.27. The predicted octanol–water partition coefficient (Wildman–Crippen LogP) is 5.12. The standard InChI is InChI=1S/C24H18FN5OS/c1-15-11-12-17(13-18(15)25)26-21(31)14-32-24-23-29-28-22(16-7-3-2-4-8-16)30(23)20-10-6-5-9-19(20)27-24/h2-13H,14H2,1H3,(H,26,31). The van der Waals surface area contributed by atoms with E-state index in [4.69, 9.17) is 4.98 Å². The molecule has 6 nitrogen and oxygen atoms in total. The van der Waals surface area contributed by atoms with Crippen LogP contribution in [0.1, 0.15) is 5.56 Å². The number of halogens is 1. The van der Waals surface area contributed by atoms with Crippen molar-refractivity contribution in [2.75, 3.05) is 11.1 Å². The Morgan fingerprint density at radius 2 is 1.81 bits per heavy atom. The highest BCUT2D eigenvalue weighted by Crippen LogP contribution is 2.29. The SMILES string of the molecule is Cc1ccc(NC(=O)CSc2nc3ccccc3n3c(-c4ccccc4)nnc23)cc1F. The summed E-state index contributed by atoms with van der Waals surface area (Å²) in [5.41, 5.74) is 4.13. The van der Waals surface area contributed by atoms with Crippen LogP contribution in [0.5, 0.6) is 0 Å². The summed E-state index contributed by atoms with van der Waals surface area (Å²) in [4.78, 5) is 17.2. The first kappa shape index (κ1) is 20.1. The van der Waals surface area contributed by atoms with Gasteiger partial charge in [-0.25, -0.2) is 9.37 Å². The Labute approximate surface area is 187 Å². The number of hydrogen-bond donors (Lipinski definition) is 1. The van der Waals surface area contributed by atoms with E-state index in [1.54, 1.807) is 19.1 Å². The van der Waals surface area contributed by atoms with Crippen molar-refractivity contribution in [2.45, 2.75) is 11.9 Å². The third-order valence-corrected chi connectivity index (χ3v) is 5.98. The van der Waals surface area contributed by atoms with Crippen molar-refractivity contribution in [3.8, 4) is 11.4 Å². The molecule has 0 radical (unpaired) electrons. The molecule has 5 rings (SSSR count). The molecule has 0 bridgehead atoms. The highest BCUT2D eigenvalue weighted by atomic mass is 32.2. The number of aromatic nitrogens is 4. The van der Waals surface area contributed by atoms with Crippen LogP contribution in [0, 0.1) is 12.7 Å². The molecule has 2 aromatic heterocycles. The zero-order chi connectivity index (χ0) is 22.1. The summed E-state index contributed by atoms with van der Waals surface area (Å²) in [7, 11) is 0. The Hall–Kier alpha value is -3.78. The smallest absolute Gasteiger partial charge is 0.234 e. The number of aryl methyl sites for hydroxylation is 1. The molecule has 0 atom stereocenters. The number of thioether (sulfide) groups is 1. The van der Waals surface area contributed by atoms with Gasteiger partial charge >= 0.3 is 0 Å². The van der Waals surface area contributed by atoms with Crippen molar-refractivity contribution in [3.63, 3.8) is 0 Å². The lowest BCUT2D eigenvalue weighted by atomic mass is 10.2. The number of carbonyl (C=O) groups excluding carboxylic acids is 1. The topological polar surface area (TPSA) is 72.2 Å². The van der Waals surface area contributed by atoms with Crippen molar-refractivity contribution < 1.29 is 9.18 Å². The number of benzene rings is 3. The molecule has 0 saturated carbocycles. The minimum absolute atomic E-state index is 0.101. The Morgan fingerprint density at radius 1 is 1.03 bits per heavy atom. The molecule has 2 heterocycles. The van der Waals surface area contributed by atoms with Gasteiger partial charge < -0.3 is 5.32 Å². The molecule has 0 fully saturated rings. The van der Waals surface area contributed by atoms with E-state index in [1.807, 2.05) is 59.0 Å². The highest BCUT2D eigenvalue weighted by molar-refractivity contribution is 8.00. The van der Waals surface area contributed by atoms with Crippen LogP contribution in [0.4, 0.5) is 10.1 Å². The molecule has 0 unspecified atom stereocenters. The Kier molecular flexibility index (Phi) is 5.28. The molecule has 5 aromatic rings. The fourth-order valence-electron chi connectivity index (χ4n) is 3.43. The molecule has 158 valence electrons. The summed E-state index contributed by atoms with van der Waals surface area (Å²) in [6, 6.07) is 22.2.